The molecule has 0 amide bonds. The van der Waals surface area contributed by atoms with Crippen LogP contribution in [-0.2, 0) is 4.74 Å². The second-order valence-electron chi connectivity index (χ2n) is 5.18. The first-order valence-corrected chi connectivity index (χ1v) is 5.59. The summed E-state index contributed by atoms with van der Waals surface area (Å²) in [5, 5.41) is 0. The lowest BCUT2D eigenvalue weighted by Gasteiger charge is -2.58. The summed E-state index contributed by atoms with van der Waals surface area (Å²) >= 11 is 12.7. The first kappa shape index (κ1) is 10.1. The molecule has 2 aliphatic heterocycles. The summed E-state index contributed by atoms with van der Waals surface area (Å²) in [5.41, 5.74) is -0.281. The number of halogens is 2. The second kappa shape index (κ2) is 2.56. The van der Waals surface area contributed by atoms with E-state index in [2.05, 4.69) is 20.8 Å². The molecule has 2 saturated heterocycles. The fourth-order valence-corrected chi connectivity index (χ4v) is 4.33. The number of hydrogen-bond donors (Lipinski definition) is 0. The maximum Gasteiger partial charge on any atom is 0.126 e. The molecule has 3 aliphatic rings. The molecule has 3 heteroatoms. The van der Waals surface area contributed by atoms with E-state index in [4.69, 9.17) is 27.9 Å². The van der Waals surface area contributed by atoms with Gasteiger partial charge in [0.15, 0.2) is 0 Å². The molecule has 1 saturated carbocycles. The van der Waals surface area contributed by atoms with Gasteiger partial charge in [0.25, 0.3) is 0 Å². The van der Waals surface area contributed by atoms with Gasteiger partial charge in [-0.15, -0.1) is 23.2 Å². The second-order valence-corrected chi connectivity index (χ2v) is 6.73. The highest BCUT2D eigenvalue weighted by Gasteiger charge is 2.59. The van der Waals surface area contributed by atoms with Gasteiger partial charge in [-0.25, -0.2) is 0 Å². The lowest BCUT2D eigenvalue weighted by Crippen LogP contribution is -2.62. The van der Waals surface area contributed by atoms with Gasteiger partial charge in [0.1, 0.15) is 4.33 Å². The van der Waals surface area contributed by atoms with Crippen LogP contribution in [0.3, 0.4) is 0 Å². The third kappa shape index (κ3) is 1.49. The minimum absolute atomic E-state index is 0.109. The summed E-state index contributed by atoms with van der Waals surface area (Å²) in [5.74, 6) is 0.269. The van der Waals surface area contributed by atoms with E-state index in [1.807, 2.05) is 0 Å². The molecule has 3 rings (SSSR count). The Labute approximate surface area is 89.7 Å². The Morgan fingerprint density at radius 3 is 2.23 bits per heavy atom. The van der Waals surface area contributed by atoms with Gasteiger partial charge >= 0.3 is 0 Å². The molecule has 0 aromatic carbocycles. The van der Waals surface area contributed by atoms with E-state index >= 15 is 0 Å². The normalized spacial score (nSPS) is 46.4. The van der Waals surface area contributed by atoms with Crippen molar-refractivity contribution in [3.63, 3.8) is 0 Å². The van der Waals surface area contributed by atoms with Crippen LogP contribution in [0, 0.1) is 5.92 Å². The third-order valence-electron chi connectivity index (χ3n) is 3.43. The van der Waals surface area contributed by atoms with Crippen molar-refractivity contribution in [2.75, 3.05) is 0 Å². The Balaban J connectivity index is 2.36. The van der Waals surface area contributed by atoms with Gasteiger partial charge in [-0.3, -0.25) is 0 Å². The zero-order chi connectivity index (χ0) is 9.91. The van der Waals surface area contributed by atoms with Gasteiger partial charge in [-0.1, -0.05) is 0 Å². The van der Waals surface area contributed by atoms with Gasteiger partial charge in [0, 0.05) is 12.3 Å². The Morgan fingerprint density at radius 1 is 1.23 bits per heavy atom. The van der Waals surface area contributed by atoms with Crippen LogP contribution in [0.25, 0.3) is 0 Å². The first-order chi connectivity index (χ1) is 5.75. The summed E-state index contributed by atoms with van der Waals surface area (Å²) < 4.78 is 5.44. The predicted molar refractivity (Wildman–Crippen MR) is 55.3 cm³/mol. The number of ether oxygens (including phenoxy) is 1. The zero-order valence-electron chi connectivity index (χ0n) is 8.36. The molecule has 3 fully saturated rings. The molecule has 76 valence electrons. The Hall–Kier alpha value is 0.540. The zero-order valence-corrected chi connectivity index (χ0v) is 9.87. The van der Waals surface area contributed by atoms with Crippen LogP contribution in [0.4, 0.5) is 0 Å². The lowest BCUT2D eigenvalue weighted by molar-refractivity contribution is -0.233. The minimum atomic E-state index is -0.589. The Kier molecular flexibility index (Phi) is 1.98. The van der Waals surface area contributed by atoms with Crippen LogP contribution < -0.4 is 0 Å². The van der Waals surface area contributed by atoms with Gasteiger partial charge in [0.05, 0.1) is 11.2 Å². The lowest BCUT2D eigenvalue weighted by atomic mass is 9.68. The van der Waals surface area contributed by atoms with E-state index in [-0.39, 0.29) is 17.1 Å². The summed E-state index contributed by atoms with van der Waals surface area (Å²) in [6.07, 6.45) is 2.93. The van der Waals surface area contributed by atoms with Crippen LogP contribution in [-0.4, -0.2) is 15.5 Å². The van der Waals surface area contributed by atoms with Crippen molar-refractivity contribution < 1.29 is 4.74 Å². The SMILES string of the molecule is CC12CCC(C(Cl)(Cl)C1)C(C)(C)O2. The highest BCUT2D eigenvalue weighted by Crippen LogP contribution is 2.58. The first-order valence-electron chi connectivity index (χ1n) is 4.83. The van der Waals surface area contributed by atoms with Crippen LogP contribution >= 0.6 is 23.2 Å². The van der Waals surface area contributed by atoms with E-state index in [0.717, 1.165) is 19.3 Å². The molecule has 0 N–H and O–H groups in total. The number of alkyl halides is 2. The van der Waals surface area contributed by atoms with Gasteiger partial charge in [-0.05, 0) is 33.6 Å². The summed E-state index contributed by atoms with van der Waals surface area (Å²) in [4.78, 5) is 0. The van der Waals surface area contributed by atoms with Gasteiger partial charge in [-0.2, -0.15) is 0 Å². The molecule has 0 aromatic rings. The van der Waals surface area contributed by atoms with Crippen molar-refractivity contribution >= 4 is 23.2 Å². The van der Waals surface area contributed by atoms with Crippen molar-refractivity contribution in [1.29, 1.82) is 0 Å². The summed E-state index contributed by atoms with van der Waals surface area (Å²) in [6.45, 7) is 6.30. The number of hydrogen-bond acceptors (Lipinski definition) is 1. The van der Waals surface area contributed by atoms with E-state index in [0.29, 0.717) is 0 Å². The molecule has 2 bridgehead atoms. The average molecular weight is 223 g/mol. The summed E-state index contributed by atoms with van der Waals surface area (Å²) in [7, 11) is 0. The summed E-state index contributed by atoms with van der Waals surface area (Å²) in [6, 6.07) is 0. The van der Waals surface area contributed by atoms with Crippen molar-refractivity contribution in [2.45, 2.75) is 55.6 Å². The van der Waals surface area contributed by atoms with Crippen molar-refractivity contribution in [3.05, 3.63) is 0 Å². The highest BCUT2D eigenvalue weighted by atomic mass is 35.5. The fourth-order valence-electron chi connectivity index (χ4n) is 3.02. The van der Waals surface area contributed by atoms with Crippen LogP contribution in [0.5, 0.6) is 0 Å². The largest absolute Gasteiger partial charge is 0.369 e. The van der Waals surface area contributed by atoms with E-state index in [1.165, 1.54) is 0 Å². The van der Waals surface area contributed by atoms with E-state index in [1.54, 1.807) is 0 Å². The Bertz CT molecular complexity index is 212. The van der Waals surface area contributed by atoms with Gasteiger partial charge in [0.2, 0.25) is 0 Å². The van der Waals surface area contributed by atoms with Crippen LogP contribution in [0.15, 0.2) is 0 Å². The Morgan fingerprint density at radius 2 is 1.85 bits per heavy atom. The van der Waals surface area contributed by atoms with E-state index < -0.39 is 4.33 Å². The molecule has 2 unspecified atom stereocenters. The molecular formula is C10H16Cl2O. The van der Waals surface area contributed by atoms with E-state index in [9.17, 15) is 0 Å². The molecule has 0 aromatic heterocycles. The standard InChI is InChI=1S/C10H16Cl2O/c1-8(2)7-4-5-9(3,13-8)6-10(7,11)12/h7H,4-6H2,1-3H3. The minimum Gasteiger partial charge on any atom is -0.369 e. The molecule has 1 aliphatic carbocycles. The molecule has 0 spiro atoms. The maximum atomic E-state index is 6.33. The molecular weight excluding hydrogens is 207 g/mol. The van der Waals surface area contributed by atoms with Crippen LogP contribution in [0.1, 0.15) is 40.0 Å². The molecule has 2 heterocycles. The molecule has 13 heavy (non-hydrogen) atoms. The number of rotatable bonds is 0. The van der Waals surface area contributed by atoms with Crippen molar-refractivity contribution in [2.24, 2.45) is 5.92 Å². The quantitative estimate of drug-likeness (QED) is 0.571. The topological polar surface area (TPSA) is 9.23 Å². The fraction of sp³-hybridized carbons (Fsp3) is 1.00. The monoisotopic (exact) mass is 222 g/mol. The highest BCUT2D eigenvalue weighted by molar-refractivity contribution is 6.48. The third-order valence-corrected chi connectivity index (χ3v) is 4.22. The molecule has 0 radical (unpaired) electrons. The molecule has 1 nitrogen and oxygen atoms in total. The number of fused-ring (bicyclic) bond motifs is 3. The average Bonchev–Trinajstić information content (AvgIpc) is 1.76. The van der Waals surface area contributed by atoms with Crippen molar-refractivity contribution in [1.82, 2.24) is 0 Å². The smallest absolute Gasteiger partial charge is 0.126 e. The predicted octanol–water partition coefficient (Wildman–Crippen LogP) is 3.53. The van der Waals surface area contributed by atoms with Crippen molar-refractivity contribution in [3.8, 4) is 0 Å². The maximum absolute atomic E-state index is 6.33. The van der Waals surface area contributed by atoms with Gasteiger partial charge < -0.3 is 4.74 Å². The molecule has 2 atom stereocenters. The van der Waals surface area contributed by atoms with Crippen LogP contribution in [0.2, 0.25) is 0 Å².